The molecule has 0 atom stereocenters. The molecule has 0 saturated carbocycles. The molecule has 3 rings (SSSR count). The first-order valence-electron chi connectivity index (χ1n) is 8.52. The number of carbonyl (C=O) groups is 2. The van der Waals surface area contributed by atoms with E-state index in [1.54, 1.807) is 60.0 Å². The van der Waals surface area contributed by atoms with Gasteiger partial charge in [-0.25, -0.2) is 10.2 Å². The number of benzene rings is 2. The fraction of sp³-hybridized carbons (Fsp3) is 0.0952. The van der Waals surface area contributed by atoms with Crippen molar-refractivity contribution in [3.05, 3.63) is 76.0 Å². The van der Waals surface area contributed by atoms with Crippen LogP contribution in [0.2, 0.25) is 0 Å². The Morgan fingerprint density at radius 3 is 2.48 bits per heavy atom. The Morgan fingerprint density at radius 1 is 0.966 bits per heavy atom. The average Bonchev–Trinajstić information content (AvgIpc) is 3.29. The maximum Gasteiger partial charge on any atom is 0.353 e. The van der Waals surface area contributed by atoms with Gasteiger partial charge in [-0.05, 0) is 47.3 Å². The minimum atomic E-state index is -0.455. The maximum atomic E-state index is 12.2. The van der Waals surface area contributed by atoms with Crippen molar-refractivity contribution in [1.82, 2.24) is 5.43 Å². The van der Waals surface area contributed by atoms with Crippen molar-refractivity contribution < 1.29 is 23.8 Å². The van der Waals surface area contributed by atoms with Gasteiger partial charge in [0.15, 0.2) is 11.5 Å². The third kappa shape index (κ3) is 4.99. The number of nitrogens with one attached hydrogen (secondary N) is 1. The number of carbonyl (C=O) groups excluding carboxylic acids is 2. The lowest BCUT2D eigenvalue weighted by Crippen LogP contribution is -2.18. The number of amides is 1. The molecule has 7 nitrogen and oxygen atoms in total. The molecular weight excluding hydrogens is 392 g/mol. The molecule has 0 spiro atoms. The van der Waals surface area contributed by atoms with Gasteiger partial charge in [-0.1, -0.05) is 18.2 Å². The molecular formula is C21H18N2O5S. The van der Waals surface area contributed by atoms with Crippen molar-refractivity contribution in [3.63, 3.8) is 0 Å². The molecule has 0 aliphatic heterocycles. The Labute approximate surface area is 171 Å². The zero-order chi connectivity index (χ0) is 20.6. The lowest BCUT2D eigenvalue weighted by atomic mass is 10.2. The molecule has 0 saturated heterocycles. The van der Waals surface area contributed by atoms with E-state index < -0.39 is 11.9 Å². The summed E-state index contributed by atoms with van der Waals surface area (Å²) in [6.07, 6.45) is 1.46. The molecule has 3 aromatic rings. The highest BCUT2D eigenvalue weighted by atomic mass is 32.1. The van der Waals surface area contributed by atoms with E-state index in [9.17, 15) is 9.59 Å². The van der Waals surface area contributed by atoms with Crippen molar-refractivity contribution >= 4 is 29.4 Å². The molecule has 1 heterocycles. The molecule has 0 aliphatic rings. The van der Waals surface area contributed by atoms with Crippen LogP contribution in [0.5, 0.6) is 17.2 Å². The second-order valence-corrected chi connectivity index (χ2v) is 6.62. The van der Waals surface area contributed by atoms with Crippen molar-refractivity contribution in [3.8, 4) is 17.2 Å². The van der Waals surface area contributed by atoms with Crippen molar-refractivity contribution in [2.24, 2.45) is 5.10 Å². The Hall–Kier alpha value is -3.65. The van der Waals surface area contributed by atoms with Crippen molar-refractivity contribution in [2.75, 3.05) is 14.2 Å². The summed E-state index contributed by atoms with van der Waals surface area (Å²) in [6.45, 7) is 0. The summed E-state index contributed by atoms with van der Waals surface area (Å²) in [5, 5.41) is 5.76. The number of nitrogens with zero attached hydrogens (tertiary/aromatic N) is 1. The molecule has 148 valence electrons. The largest absolute Gasteiger partial charge is 0.496 e. The number of para-hydroxylation sites is 1. The monoisotopic (exact) mass is 410 g/mol. The van der Waals surface area contributed by atoms with Crippen LogP contribution >= 0.6 is 11.3 Å². The van der Waals surface area contributed by atoms with E-state index >= 15 is 0 Å². The number of hydrogen-bond donors (Lipinski definition) is 1. The molecule has 0 unspecified atom stereocenters. The van der Waals surface area contributed by atoms with E-state index in [2.05, 4.69) is 10.5 Å². The van der Waals surface area contributed by atoms with Gasteiger partial charge in [-0.3, -0.25) is 4.79 Å². The van der Waals surface area contributed by atoms with E-state index in [4.69, 9.17) is 14.2 Å². The lowest BCUT2D eigenvalue weighted by molar-refractivity contribution is 0.0734. The summed E-state index contributed by atoms with van der Waals surface area (Å²) in [7, 11) is 2.97. The Morgan fingerprint density at radius 2 is 1.76 bits per heavy atom. The number of rotatable bonds is 7. The van der Waals surface area contributed by atoms with Crippen LogP contribution in [0.25, 0.3) is 0 Å². The standard InChI is InChI=1S/C21H18N2O5S/c1-26-16-7-4-3-6-15(16)20(24)23-22-13-14-9-10-17(18(12-14)27-2)28-21(25)19-8-5-11-29-19/h3-13H,1-2H3,(H,23,24)/b22-13+. The van der Waals surface area contributed by atoms with Gasteiger partial charge in [-0.2, -0.15) is 5.10 Å². The van der Waals surface area contributed by atoms with E-state index in [-0.39, 0.29) is 0 Å². The highest BCUT2D eigenvalue weighted by Crippen LogP contribution is 2.29. The summed E-state index contributed by atoms with van der Waals surface area (Å²) in [4.78, 5) is 24.8. The Balaban J connectivity index is 1.68. The number of hydrogen-bond acceptors (Lipinski definition) is 7. The molecule has 1 N–H and O–H groups in total. The third-order valence-corrected chi connectivity index (χ3v) is 4.69. The first-order valence-corrected chi connectivity index (χ1v) is 9.40. The van der Waals surface area contributed by atoms with Crippen LogP contribution < -0.4 is 19.6 Å². The first-order chi connectivity index (χ1) is 14.1. The third-order valence-electron chi connectivity index (χ3n) is 3.84. The van der Waals surface area contributed by atoms with Gasteiger partial charge in [-0.15, -0.1) is 11.3 Å². The van der Waals surface area contributed by atoms with Crippen LogP contribution in [-0.4, -0.2) is 32.3 Å². The van der Waals surface area contributed by atoms with E-state index in [0.29, 0.717) is 33.3 Å². The summed E-state index contributed by atoms with van der Waals surface area (Å²) in [5.74, 6) is 0.269. The van der Waals surface area contributed by atoms with Gasteiger partial charge in [0, 0.05) is 0 Å². The van der Waals surface area contributed by atoms with Gasteiger partial charge in [0.05, 0.1) is 26.0 Å². The number of methoxy groups -OCH3 is 2. The minimum Gasteiger partial charge on any atom is -0.496 e. The molecule has 0 radical (unpaired) electrons. The van der Waals surface area contributed by atoms with Crippen molar-refractivity contribution in [2.45, 2.75) is 0 Å². The Kier molecular flexibility index (Phi) is 6.59. The molecule has 2 aromatic carbocycles. The smallest absolute Gasteiger partial charge is 0.353 e. The molecule has 0 bridgehead atoms. The average molecular weight is 410 g/mol. The van der Waals surface area contributed by atoms with Crippen LogP contribution in [0.4, 0.5) is 0 Å². The van der Waals surface area contributed by atoms with Gasteiger partial charge >= 0.3 is 5.97 Å². The minimum absolute atomic E-state index is 0.293. The molecule has 1 amide bonds. The predicted octanol–water partition coefficient (Wildman–Crippen LogP) is 3.75. The van der Waals surface area contributed by atoms with Crippen LogP contribution in [0.15, 0.2) is 65.1 Å². The fourth-order valence-electron chi connectivity index (χ4n) is 2.45. The van der Waals surface area contributed by atoms with Crippen LogP contribution in [0, 0.1) is 0 Å². The lowest BCUT2D eigenvalue weighted by Gasteiger charge is -2.09. The molecule has 1 aromatic heterocycles. The summed E-state index contributed by atoms with van der Waals surface area (Å²) < 4.78 is 15.8. The maximum absolute atomic E-state index is 12.2. The summed E-state index contributed by atoms with van der Waals surface area (Å²) in [5.41, 5.74) is 3.48. The van der Waals surface area contributed by atoms with Gasteiger partial charge < -0.3 is 14.2 Å². The molecule has 29 heavy (non-hydrogen) atoms. The van der Waals surface area contributed by atoms with E-state index in [1.807, 2.05) is 0 Å². The second-order valence-electron chi connectivity index (χ2n) is 5.68. The topological polar surface area (TPSA) is 86.2 Å². The van der Waals surface area contributed by atoms with Crippen LogP contribution in [0.3, 0.4) is 0 Å². The molecule has 8 heteroatoms. The predicted molar refractivity (Wildman–Crippen MR) is 110 cm³/mol. The second kappa shape index (κ2) is 9.52. The zero-order valence-electron chi connectivity index (χ0n) is 15.7. The van der Waals surface area contributed by atoms with Gasteiger partial charge in [0.25, 0.3) is 5.91 Å². The normalized spacial score (nSPS) is 10.6. The molecule has 0 aliphatic carbocycles. The highest BCUT2D eigenvalue weighted by molar-refractivity contribution is 7.12. The van der Waals surface area contributed by atoms with Crippen molar-refractivity contribution in [1.29, 1.82) is 0 Å². The van der Waals surface area contributed by atoms with Gasteiger partial charge in [0.1, 0.15) is 10.6 Å². The van der Waals surface area contributed by atoms with E-state index in [0.717, 1.165) is 0 Å². The Bertz CT molecular complexity index is 1030. The summed E-state index contributed by atoms with van der Waals surface area (Å²) in [6, 6.07) is 15.3. The van der Waals surface area contributed by atoms with Gasteiger partial charge in [0.2, 0.25) is 0 Å². The quantitative estimate of drug-likeness (QED) is 0.277. The summed E-state index contributed by atoms with van der Waals surface area (Å²) >= 11 is 1.30. The highest BCUT2D eigenvalue weighted by Gasteiger charge is 2.14. The number of ether oxygens (including phenoxy) is 3. The number of thiophene rings is 1. The van der Waals surface area contributed by atoms with Crippen LogP contribution in [0.1, 0.15) is 25.6 Å². The first kappa shape index (κ1) is 20.1. The number of esters is 1. The SMILES string of the molecule is COc1cc(/C=N/NC(=O)c2ccccc2OC)ccc1OC(=O)c1cccs1. The zero-order valence-corrected chi connectivity index (χ0v) is 16.6. The molecule has 0 fully saturated rings. The fourth-order valence-corrected chi connectivity index (χ4v) is 3.05. The number of hydrazone groups is 1. The van der Waals surface area contributed by atoms with Crippen LogP contribution in [-0.2, 0) is 0 Å². The van der Waals surface area contributed by atoms with E-state index in [1.165, 1.54) is 31.8 Å².